The third kappa shape index (κ3) is 4.47. The molecule has 0 saturated heterocycles. The maximum atomic E-state index is 11.9. The van der Waals surface area contributed by atoms with Crippen LogP contribution < -0.4 is 5.32 Å². The van der Waals surface area contributed by atoms with Crippen molar-refractivity contribution in [2.75, 3.05) is 5.75 Å². The van der Waals surface area contributed by atoms with Gasteiger partial charge in [-0.2, -0.15) is 0 Å². The third-order valence-corrected chi connectivity index (χ3v) is 4.81. The number of aryl methyl sites for hydroxylation is 1. The summed E-state index contributed by atoms with van der Waals surface area (Å²) in [4.78, 5) is 11.9. The molecule has 0 spiro atoms. The second kappa shape index (κ2) is 7.06. The topological polar surface area (TPSA) is 54.9 Å². The first-order chi connectivity index (χ1) is 9.54. The lowest BCUT2D eigenvalue weighted by Crippen LogP contribution is -2.28. The maximum absolute atomic E-state index is 11.9. The Morgan fingerprint density at radius 1 is 1.40 bits per heavy atom. The monoisotopic (exact) mass is 327 g/mol. The molecule has 4 nitrogen and oxygen atoms in total. The van der Waals surface area contributed by atoms with E-state index < -0.39 is 0 Å². The van der Waals surface area contributed by atoms with Crippen LogP contribution in [-0.4, -0.2) is 21.9 Å². The molecule has 0 bridgehead atoms. The first-order valence-corrected chi connectivity index (χ1v) is 8.20. The van der Waals surface area contributed by atoms with E-state index >= 15 is 0 Å². The number of benzene rings is 1. The van der Waals surface area contributed by atoms with E-state index in [1.807, 2.05) is 38.1 Å². The normalized spacial score (nSPS) is 12.2. The van der Waals surface area contributed by atoms with Crippen LogP contribution >= 0.6 is 34.7 Å². The number of thioether (sulfide) groups is 1. The molecule has 0 aliphatic heterocycles. The molecule has 0 saturated carbocycles. The second-order valence-electron chi connectivity index (χ2n) is 4.22. The minimum absolute atomic E-state index is 0.0229. The molecule has 1 atom stereocenters. The SMILES string of the molecule is Cc1nnc(SCC(=O)N[C@H](C)c2ccc(Cl)cc2)s1. The molecule has 1 aromatic heterocycles. The van der Waals surface area contributed by atoms with Crippen molar-refractivity contribution in [3.8, 4) is 0 Å². The molecular weight excluding hydrogens is 314 g/mol. The molecule has 0 unspecified atom stereocenters. The highest BCUT2D eigenvalue weighted by atomic mass is 35.5. The average Bonchev–Trinajstić information content (AvgIpc) is 2.83. The standard InChI is InChI=1S/C13H14ClN3OS2/c1-8(10-3-5-11(14)6-4-10)15-12(18)7-19-13-17-16-9(2)20-13/h3-6,8H,7H2,1-2H3,(H,15,18)/t8-/m1/s1. The van der Waals surface area contributed by atoms with Crippen molar-refractivity contribution in [1.82, 2.24) is 15.5 Å². The molecule has 0 aliphatic carbocycles. The number of nitrogens with zero attached hydrogens (tertiary/aromatic N) is 2. The van der Waals surface area contributed by atoms with Gasteiger partial charge in [-0.1, -0.05) is 46.8 Å². The number of halogens is 1. The first-order valence-electron chi connectivity index (χ1n) is 6.02. The number of hydrogen-bond acceptors (Lipinski definition) is 5. The lowest BCUT2D eigenvalue weighted by molar-refractivity contribution is -0.119. The minimum Gasteiger partial charge on any atom is -0.349 e. The second-order valence-corrected chi connectivity index (χ2v) is 7.06. The van der Waals surface area contributed by atoms with Gasteiger partial charge in [0.2, 0.25) is 5.91 Å². The molecular formula is C13H14ClN3OS2. The van der Waals surface area contributed by atoms with E-state index in [1.54, 1.807) is 0 Å². The summed E-state index contributed by atoms with van der Waals surface area (Å²) in [5, 5.41) is 12.4. The predicted octanol–water partition coefficient (Wildman–Crippen LogP) is 3.47. The largest absolute Gasteiger partial charge is 0.349 e. The third-order valence-electron chi connectivity index (χ3n) is 2.58. The van der Waals surface area contributed by atoms with Crippen molar-refractivity contribution in [3.63, 3.8) is 0 Å². The van der Waals surface area contributed by atoms with E-state index in [2.05, 4.69) is 15.5 Å². The van der Waals surface area contributed by atoms with Gasteiger partial charge in [-0.15, -0.1) is 10.2 Å². The molecule has 0 aliphatic rings. The molecule has 1 heterocycles. The van der Waals surface area contributed by atoms with Crippen molar-refractivity contribution in [1.29, 1.82) is 0 Å². The summed E-state index contributed by atoms with van der Waals surface area (Å²) in [6, 6.07) is 7.41. The van der Waals surface area contributed by atoms with Crippen molar-refractivity contribution in [2.45, 2.75) is 24.2 Å². The Hall–Kier alpha value is -1.11. The highest BCUT2D eigenvalue weighted by molar-refractivity contribution is 8.01. The smallest absolute Gasteiger partial charge is 0.230 e. The van der Waals surface area contributed by atoms with Gasteiger partial charge in [-0.05, 0) is 31.5 Å². The van der Waals surface area contributed by atoms with Crippen LogP contribution in [0.25, 0.3) is 0 Å². The van der Waals surface area contributed by atoms with Gasteiger partial charge in [0.1, 0.15) is 5.01 Å². The fourth-order valence-corrected chi connectivity index (χ4v) is 3.33. The van der Waals surface area contributed by atoms with E-state index in [9.17, 15) is 4.79 Å². The molecule has 7 heteroatoms. The Morgan fingerprint density at radius 3 is 2.70 bits per heavy atom. The molecule has 1 N–H and O–H groups in total. The molecule has 1 aromatic carbocycles. The average molecular weight is 328 g/mol. The van der Waals surface area contributed by atoms with Crippen LogP contribution in [0, 0.1) is 6.92 Å². The highest BCUT2D eigenvalue weighted by Crippen LogP contribution is 2.22. The predicted molar refractivity (Wildman–Crippen MR) is 83.4 cm³/mol. The van der Waals surface area contributed by atoms with E-state index in [4.69, 9.17) is 11.6 Å². The zero-order chi connectivity index (χ0) is 14.5. The van der Waals surface area contributed by atoms with E-state index in [0.717, 1.165) is 14.9 Å². The Bertz CT molecular complexity index is 586. The van der Waals surface area contributed by atoms with Gasteiger partial charge in [-0.3, -0.25) is 4.79 Å². The highest BCUT2D eigenvalue weighted by Gasteiger charge is 2.11. The van der Waals surface area contributed by atoms with Gasteiger partial charge in [0.25, 0.3) is 0 Å². The van der Waals surface area contributed by atoms with Crippen molar-refractivity contribution in [3.05, 3.63) is 39.9 Å². The summed E-state index contributed by atoms with van der Waals surface area (Å²) in [7, 11) is 0. The summed E-state index contributed by atoms with van der Waals surface area (Å²) in [5.41, 5.74) is 1.03. The van der Waals surface area contributed by atoms with Gasteiger partial charge in [0.05, 0.1) is 11.8 Å². The molecule has 0 fully saturated rings. The van der Waals surface area contributed by atoms with Crippen LogP contribution in [0.1, 0.15) is 23.5 Å². The van der Waals surface area contributed by atoms with Gasteiger partial charge in [0, 0.05) is 5.02 Å². The Labute approximate surface area is 130 Å². The molecule has 2 aromatic rings. The van der Waals surface area contributed by atoms with Gasteiger partial charge >= 0.3 is 0 Å². The van der Waals surface area contributed by atoms with Gasteiger partial charge in [-0.25, -0.2) is 0 Å². The summed E-state index contributed by atoms with van der Waals surface area (Å²) in [6.07, 6.45) is 0. The molecule has 2 rings (SSSR count). The quantitative estimate of drug-likeness (QED) is 0.854. The molecule has 0 radical (unpaired) electrons. The number of carbonyl (C=O) groups excluding carboxylic acids is 1. The summed E-state index contributed by atoms with van der Waals surface area (Å²) < 4.78 is 0.816. The minimum atomic E-state index is -0.0449. The van der Waals surface area contributed by atoms with Crippen LogP contribution in [0.15, 0.2) is 28.6 Å². The summed E-state index contributed by atoms with van der Waals surface area (Å²) in [5.74, 6) is 0.317. The van der Waals surface area contributed by atoms with Gasteiger partial charge in [0.15, 0.2) is 4.34 Å². The van der Waals surface area contributed by atoms with Crippen molar-refractivity contribution >= 4 is 40.6 Å². The number of amides is 1. The van der Waals surface area contributed by atoms with E-state index in [-0.39, 0.29) is 11.9 Å². The summed E-state index contributed by atoms with van der Waals surface area (Å²) in [6.45, 7) is 3.84. The number of aromatic nitrogens is 2. The van der Waals surface area contributed by atoms with E-state index in [0.29, 0.717) is 10.8 Å². The Morgan fingerprint density at radius 2 is 2.10 bits per heavy atom. The van der Waals surface area contributed by atoms with Crippen LogP contribution in [0.4, 0.5) is 0 Å². The van der Waals surface area contributed by atoms with Crippen molar-refractivity contribution in [2.24, 2.45) is 0 Å². The van der Waals surface area contributed by atoms with Crippen LogP contribution in [0.5, 0.6) is 0 Å². The number of nitrogens with one attached hydrogen (secondary N) is 1. The zero-order valence-corrected chi connectivity index (χ0v) is 13.5. The molecule has 1 amide bonds. The van der Waals surface area contributed by atoms with Gasteiger partial charge < -0.3 is 5.32 Å². The Kier molecular flexibility index (Phi) is 5.39. The van der Waals surface area contributed by atoms with E-state index in [1.165, 1.54) is 23.1 Å². The number of rotatable bonds is 5. The number of carbonyl (C=O) groups is 1. The number of hydrogen-bond donors (Lipinski definition) is 1. The van der Waals surface area contributed by atoms with Crippen LogP contribution in [0.2, 0.25) is 5.02 Å². The molecule has 106 valence electrons. The lowest BCUT2D eigenvalue weighted by Gasteiger charge is -2.13. The maximum Gasteiger partial charge on any atom is 0.230 e. The van der Waals surface area contributed by atoms with Crippen LogP contribution in [0.3, 0.4) is 0 Å². The fraction of sp³-hybridized carbons (Fsp3) is 0.308. The fourth-order valence-electron chi connectivity index (χ4n) is 1.58. The van der Waals surface area contributed by atoms with Crippen LogP contribution in [-0.2, 0) is 4.79 Å². The zero-order valence-electron chi connectivity index (χ0n) is 11.1. The lowest BCUT2D eigenvalue weighted by atomic mass is 10.1. The first kappa shape index (κ1) is 15.3. The molecule has 20 heavy (non-hydrogen) atoms. The summed E-state index contributed by atoms with van der Waals surface area (Å²) >= 11 is 8.73. The van der Waals surface area contributed by atoms with Crippen molar-refractivity contribution < 1.29 is 4.79 Å². The Balaban J connectivity index is 1.83.